The highest BCUT2D eigenvalue weighted by Crippen LogP contribution is 2.28. The molecular formula is C11H11NO2S. The van der Waals surface area contributed by atoms with Crippen LogP contribution in [0.4, 0.5) is 0 Å². The van der Waals surface area contributed by atoms with E-state index in [9.17, 15) is 5.11 Å². The zero-order valence-electron chi connectivity index (χ0n) is 8.25. The monoisotopic (exact) mass is 221 g/mol. The summed E-state index contributed by atoms with van der Waals surface area (Å²) >= 11 is 1.55. The molecule has 0 aromatic carbocycles. The number of rotatable bonds is 3. The van der Waals surface area contributed by atoms with E-state index in [4.69, 9.17) is 4.74 Å². The van der Waals surface area contributed by atoms with Crippen LogP contribution in [-0.4, -0.2) is 17.2 Å². The first kappa shape index (κ1) is 10.1. The molecular weight excluding hydrogens is 210 g/mol. The van der Waals surface area contributed by atoms with E-state index >= 15 is 0 Å². The van der Waals surface area contributed by atoms with Gasteiger partial charge in [0.2, 0.25) is 0 Å². The predicted octanol–water partition coefficient (Wildman–Crippen LogP) is 2.23. The summed E-state index contributed by atoms with van der Waals surface area (Å²) in [5, 5.41) is 13.9. The highest BCUT2D eigenvalue weighted by Gasteiger charge is 2.16. The maximum absolute atomic E-state index is 10.1. The smallest absolute Gasteiger partial charge is 0.143 e. The van der Waals surface area contributed by atoms with Gasteiger partial charge in [-0.2, -0.15) is 11.3 Å². The van der Waals surface area contributed by atoms with Gasteiger partial charge in [-0.05, 0) is 34.5 Å². The summed E-state index contributed by atoms with van der Waals surface area (Å²) in [6.07, 6.45) is 0.931. The number of aromatic nitrogens is 1. The SMILES string of the molecule is COc1cccnc1C(O)c1ccsc1. The fraction of sp³-hybridized carbons (Fsp3) is 0.182. The number of pyridine rings is 1. The zero-order valence-corrected chi connectivity index (χ0v) is 9.07. The Labute approximate surface area is 92.0 Å². The first-order valence-corrected chi connectivity index (χ1v) is 5.46. The van der Waals surface area contributed by atoms with Gasteiger partial charge in [0.1, 0.15) is 17.5 Å². The summed E-state index contributed by atoms with van der Waals surface area (Å²) < 4.78 is 5.15. The quantitative estimate of drug-likeness (QED) is 0.864. The summed E-state index contributed by atoms with van der Waals surface area (Å²) in [4.78, 5) is 4.14. The molecule has 0 saturated heterocycles. The van der Waals surface area contributed by atoms with E-state index in [1.54, 1.807) is 36.8 Å². The largest absolute Gasteiger partial charge is 0.495 e. The second-order valence-electron chi connectivity index (χ2n) is 3.05. The number of ether oxygens (including phenoxy) is 1. The van der Waals surface area contributed by atoms with Gasteiger partial charge in [0, 0.05) is 6.20 Å². The molecule has 0 aliphatic rings. The fourth-order valence-electron chi connectivity index (χ4n) is 1.37. The third-order valence-corrected chi connectivity index (χ3v) is 2.84. The molecule has 4 heteroatoms. The molecule has 0 amide bonds. The van der Waals surface area contributed by atoms with Crippen LogP contribution in [0.2, 0.25) is 0 Å². The topological polar surface area (TPSA) is 42.4 Å². The molecule has 0 aliphatic carbocycles. The van der Waals surface area contributed by atoms with Crippen LogP contribution >= 0.6 is 11.3 Å². The van der Waals surface area contributed by atoms with Crippen molar-refractivity contribution >= 4 is 11.3 Å². The Hall–Kier alpha value is -1.39. The van der Waals surface area contributed by atoms with E-state index in [1.807, 2.05) is 16.8 Å². The van der Waals surface area contributed by atoms with E-state index in [-0.39, 0.29) is 0 Å². The lowest BCUT2D eigenvalue weighted by Crippen LogP contribution is -2.03. The van der Waals surface area contributed by atoms with Gasteiger partial charge < -0.3 is 9.84 Å². The molecule has 0 radical (unpaired) electrons. The van der Waals surface area contributed by atoms with Gasteiger partial charge in [0.25, 0.3) is 0 Å². The lowest BCUT2D eigenvalue weighted by molar-refractivity contribution is 0.210. The molecule has 15 heavy (non-hydrogen) atoms. The van der Waals surface area contributed by atoms with Gasteiger partial charge in [0.15, 0.2) is 0 Å². The number of hydrogen-bond donors (Lipinski definition) is 1. The molecule has 78 valence electrons. The average molecular weight is 221 g/mol. The van der Waals surface area contributed by atoms with E-state index in [0.717, 1.165) is 5.56 Å². The third-order valence-electron chi connectivity index (χ3n) is 2.14. The Morgan fingerprint density at radius 2 is 2.33 bits per heavy atom. The van der Waals surface area contributed by atoms with Crippen LogP contribution in [0.15, 0.2) is 35.2 Å². The van der Waals surface area contributed by atoms with Crippen molar-refractivity contribution in [3.8, 4) is 5.75 Å². The Morgan fingerprint density at radius 1 is 1.47 bits per heavy atom. The van der Waals surface area contributed by atoms with E-state index in [1.165, 1.54) is 0 Å². The Balaban J connectivity index is 2.37. The highest BCUT2D eigenvalue weighted by atomic mass is 32.1. The summed E-state index contributed by atoms with van der Waals surface area (Å²) in [7, 11) is 1.57. The predicted molar refractivity (Wildman–Crippen MR) is 59.2 cm³/mol. The Kier molecular flexibility index (Phi) is 2.99. The van der Waals surface area contributed by atoms with Crippen molar-refractivity contribution < 1.29 is 9.84 Å². The van der Waals surface area contributed by atoms with Crippen molar-refractivity contribution in [2.75, 3.05) is 7.11 Å². The van der Waals surface area contributed by atoms with Gasteiger partial charge in [-0.3, -0.25) is 4.98 Å². The second-order valence-corrected chi connectivity index (χ2v) is 3.83. The van der Waals surface area contributed by atoms with Crippen molar-refractivity contribution in [2.24, 2.45) is 0 Å². The number of aliphatic hydroxyl groups is 1. The average Bonchev–Trinajstić information content (AvgIpc) is 2.81. The van der Waals surface area contributed by atoms with Crippen molar-refractivity contribution in [1.29, 1.82) is 0 Å². The maximum atomic E-state index is 10.1. The van der Waals surface area contributed by atoms with Gasteiger partial charge >= 0.3 is 0 Å². The molecule has 0 spiro atoms. The molecule has 0 bridgehead atoms. The highest BCUT2D eigenvalue weighted by molar-refractivity contribution is 7.07. The van der Waals surface area contributed by atoms with Gasteiger partial charge in [-0.25, -0.2) is 0 Å². The van der Waals surface area contributed by atoms with E-state index in [2.05, 4.69) is 4.98 Å². The summed E-state index contributed by atoms with van der Waals surface area (Å²) in [5.74, 6) is 0.608. The third kappa shape index (κ3) is 2.00. The normalized spacial score (nSPS) is 12.4. The Morgan fingerprint density at radius 3 is 3.00 bits per heavy atom. The number of nitrogens with zero attached hydrogens (tertiary/aromatic N) is 1. The van der Waals surface area contributed by atoms with E-state index < -0.39 is 6.10 Å². The number of thiophene rings is 1. The summed E-state index contributed by atoms with van der Waals surface area (Å²) in [6.45, 7) is 0. The lowest BCUT2D eigenvalue weighted by Gasteiger charge is -2.11. The minimum absolute atomic E-state index is 0.554. The Bertz CT molecular complexity index is 428. The molecule has 1 N–H and O–H groups in total. The van der Waals surface area contributed by atoms with Gasteiger partial charge in [-0.15, -0.1) is 0 Å². The van der Waals surface area contributed by atoms with Crippen LogP contribution in [-0.2, 0) is 0 Å². The van der Waals surface area contributed by atoms with Crippen LogP contribution in [0.1, 0.15) is 17.4 Å². The fourth-order valence-corrected chi connectivity index (χ4v) is 2.05. The molecule has 0 aliphatic heterocycles. The van der Waals surface area contributed by atoms with Crippen LogP contribution in [0.3, 0.4) is 0 Å². The zero-order chi connectivity index (χ0) is 10.7. The molecule has 2 aromatic rings. The van der Waals surface area contributed by atoms with Crippen molar-refractivity contribution in [3.05, 3.63) is 46.4 Å². The van der Waals surface area contributed by atoms with Crippen molar-refractivity contribution in [3.63, 3.8) is 0 Å². The lowest BCUT2D eigenvalue weighted by atomic mass is 10.1. The minimum Gasteiger partial charge on any atom is -0.495 e. The molecule has 0 saturated carbocycles. The van der Waals surface area contributed by atoms with Crippen molar-refractivity contribution in [1.82, 2.24) is 4.98 Å². The summed E-state index contributed by atoms with van der Waals surface area (Å²) in [5.41, 5.74) is 1.40. The van der Waals surface area contributed by atoms with Crippen LogP contribution in [0.25, 0.3) is 0 Å². The van der Waals surface area contributed by atoms with Crippen LogP contribution in [0.5, 0.6) is 5.75 Å². The van der Waals surface area contributed by atoms with Crippen molar-refractivity contribution in [2.45, 2.75) is 6.10 Å². The number of methoxy groups -OCH3 is 1. The summed E-state index contributed by atoms with van der Waals surface area (Å²) in [6, 6.07) is 5.45. The van der Waals surface area contributed by atoms with Gasteiger partial charge in [0.05, 0.1) is 7.11 Å². The first-order chi connectivity index (χ1) is 7.33. The van der Waals surface area contributed by atoms with Crippen LogP contribution < -0.4 is 4.74 Å². The molecule has 1 atom stereocenters. The molecule has 2 rings (SSSR count). The maximum Gasteiger partial charge on any atom is 0.143 e. The second kappa shape index (κ2) is 4.42. The number of hydrogen-bond acceptors (Lipinski definition) is 4. The first-order valence-electron chi connectivity index (χ1n) is 4.52. The number of aliphatic hydroxyl groups excluding tert-OH is 1. The van der Waals surface area contributed by atoms with Gasteiger partial charge in [-0.1, -0.05) is 0 Å². The minimum atomic E-state index is -0.715. The molecule has 0 fully saturated rings. The molecule has 3 nitrogen and oxygen atoms in total. The van der Waals surface area contributed by atoms with E-state index in [0.29, 0.717) is 11.4 Å². The van der Waals surface area contributed by atoms with Crippen LogP contribution in [0, 0.1) is 0 Å². The molecule has 1 unspecified atom stereocenters. The standard InChI is InChI=1S/C11H11NO2S/c1-14-9-3-2-5-12-10(9)11(13)8-4-6-15-7-8/h2-7,11,13H,1H3. The molecule has 2 aromatic heterocycles. The molecule has 2 heterocycles.